The monoisotopic (exact) mass is 360 g/mol. The van der Waals surface area contributed by atoms with Crippen LogP contribution in [-0.2, 0) is 28.8 Å². The van der Waals surface area contributed by atoms with Crippen LogP contribution in [0.25, 0.3) is 0 Å². The maximum atomic E-state index is 12.3. The predicted molar refractivity (Wildman–Crippen MR) is 89.3 cm³/mol. The number of imide groups is 2. The van der Waals surface area contributed by atoms with Crippen molar-refractivity contribution < 1.29 is 28.8 Å². The van der Waals surface area contributed by atoms with Gasteiger partial charge in [0, 0.05) is 62.1 Å². The Morgan fingerprint density at radius 2 is 0.962 bits per heavy atom. The van der Waals surface area contributed by atoms with Crippen molar-refractivity contribution in [1.29, 1.82) is 0 Å². The SMILES string of the molecule is CC(C(=O)CCN1C(=O)C=CC1=O)[C@H](C)C(=O)CCN1C(=O)C=CC1=O. The number of carbonyl (C=O) groups is 6. The van der Waals surface area contributed by atoms with E-state index in [4.69, 9.17) is 0 Å². The van der Waals surface area contributed by atoms with Crippen LogP contribution in [-0.4, -0.2) is 58.1 Å². The Labute approximate surface area is 150 Å². The molecule has 0 aromatic carbocycles. The minimum atomic E-state index is -0.591. The number of hydrogen-bond donors (Lipinski definition) is 0. The van der Waals surface area contributed by atoms with E-state index in [-0.39, 0.29) is 37.5 Å². The zero-order chi connectivity index (χ0) is 19.4. The second-order valence-electron chi connectivity index (χ2n) is 6.33. The lowest BCUT2D eigenvalue weighted by Crippen LogP contribution is -2.35. The van der Waals surface area contributed by atoms with Gasteiger partial charge in [0.05, 0.1) is 0 Å². The molecule has 0 aromatic heterocycles. The highest BCUT2D eigenvalue weighted by Gasteiger charge is 2.30. The fraction of sp³-hybridized carbons (Fsp3) is 0.444. The molecule has 0 saturated heterocycles. The van der Waals surface area contributed by atoms with Crippen LogP contribution in [0.4, 0.5) is 0 Å². The highest BCUT2D eigenvalue weighted by Crippen LogP contribution is 2.18. The molecule has 4 amide bonds. The first kappa shape index (κ1) is 19.4. The van der Waals surface area contributed by atoms with E-state index in [0.29, 0.717) is 0 Å². The van der Waals surface area contributed by atoms with Gasteiger partial charge in [0.1, 0.15) is 11.6 Å². The van der Waals surface area contributed by atoms with E-state index in [0.717, 1.165) is 34.1 Å². The van der Waals surface area contributed by atoms with Gasteiger partial charge < -0.3 is 0 Å². The molecule has 0 fully saturated rings. The van der Waals surface area contributed by atoms with Gasteiger partial charge in [0.15, 0.2) is 0 Å². The molecule has 2 heterocycles. The van der Waals surface area contributed by atoms with Crippen LogP contribution in [0.5, 0.6) is 0 Å². The van der Waals surface area contributed by atoms with Gasteiger partial charge in [-0.1, -0.05) is 13.8 Å². The van der Waals surface area contributed by atoms with E-state index in [2.05, 4.69) is 0 Å². The maximum Gasteiger partial charge on any atom is 0.253 e. The summed E-state index contributed by atoms with van der Waals surface area (Å²) < 4.78 is 0. The van der Waals surface area contributed by atoms with Gasteiger partial charge in [-0.2, -0.15) is 0 Å². The summed E-state index contributed by atoms with van der Waals surface area (Å²) in [5.74, 6) is -3.44. The van der Waals surface area contributed by atoms with E-state index in [1.807, 2.05) is 0 Å². The first-order valence-electron chi connectivity index (χ1n) is 8.35. The van der Waals surface area contributed by atoms with Crippen LogP contribution in [0.2, 0.25) is 0 Å². The highest BCUT2D eigenvalue weighted by molar-refractivity contribution is 6.13. The molecule has 1 unspecified atom stereocenters. The third kappa shape index (κ3) is 4.19. The quantitative estimate of drug-likeness (QED) is 0.537. The summed E-state index contributed by atoms with van der Waals surface area (Å²) in [5.41, 5.74) is 0. The van der Waals surface area contributed by atoms with Crippen LogP contribution >= 0.6 is 0 Å². The molecule has 0 radical (unpaired) electrons. The van der Waals surface area contributed by atoms with Gasteiger partial charge in [0.25, 0.3) is 23.6 Å². The minimum absolute atomic E-state index is 0.0167. The van der Waals surface area contributed by atoms with Crippen molar-refractivity contribution in [2.45, 2.75) is 26.7 Å². The van der Waals surface area contributed by atoms with E-state index in [1.54, 1.807) is 13.8 Å². The average Bonchev–Trinajstić information content (AvgIpc) is 3.10. The van der Waals surface area contributed by atoms with Crippen molar-refractivity contribution in [3.63, 3.8) is 0 Å². The summed E-state index contributed by atoms with van der Waals surface area (Å²) in [7, 11) is 0. The molecule has 2 atom stereocenters. The average molecular weight is 360 g/mol. The predicted octanol–water partition coefficient (Wildman–Crippen LogP) is 0.0270. The third-order valence-electron chi connectivity index (χ3n) is 4.73. The van der Waals surface area contributed by atoms with Crippen LogP contribution in [0.1, 0.15) is 26.7 Å². The number of hydrogen-bond acceptors (Lipinski definition) is 6. The van der Waals surface area contributed by atoms with Crippen molar-refractivity contribution in [1.82, 2.24) is 9.80 Å². The summed E-state index contributed by atoms with van der Waals surface area (Å²) in [4.78, 5) is 72.4. The molecule has 2 rings (SSSR count). The summed E-state index contributed by atoms with van der Waals surface area (Å²) >= 11 is 0. The van der Waals surface area contributed by atoms with E-state index in [1.165, 1.54) is 0 Å². The van der Waals surface area contributed by atoms with Crippen LogP contribution in [0, 0.1) is 11.8 Å². The smallest absolute Gasteiger partial charge is 0.253 e. The lowest BCUT2D eigenvalue weighted by Gasteiger charge is -2.20. The standard InChI is InChI=1S/C18H20N2O6/c1-11(13(21)7-9-19-15(23)3-4-16(19)24)12(2)14(22)8-10-20-17(25)5-6-18(20)26/h3-6,11-12H,7-10H2,1-2H3/t11-,12?/m0/s1. The van der Waals surface area contributed by atoms with Gasteiger partial charge >= 0.3 is 0 Å². The second-order valence-corrected chi connectivity index (χ2v) is 6.33. The molecule has 138 valence electrons. The molecule has 8 heteroatoms. The summed E-state index contributed by atoms with van der Waals surface area (Å²) in [5, 5.41) is 0. The zero-order valence-corrected chi connectivity index (χ0v) is 14.6. The van der Waals surface area contributed by atoms with Crippen LogP contribution in [0.15, 0.2) is 24.3 Å². The zero-order valence-electron chi connectivity index (χ0n) is 14.6. The molecule has 2 aliphatic rings. The van der Waals surface area contributed by atoms with Gasteiger partial charge in [-0.3, -0.25) is 38.6 Å². The third-order valence-corrected chi connectivity index (χ3v) is 4.73. The molecular weight excluding hydrogens is 340 g/mol. The fourth-order valence-electron chi connectivity index (χ4n) is 2.76. The van der Waals surface area contributed by atoms with E-state index in [9.17, 15) is 28.8 Å². The fourth-order valence-corrected chi connectivity index (χ4v) is 2.76. The number of Topliss-reactive ketones (excluding diaryl/α,β-unsaturated/α-hetero) is 2. The first-order valence-corrected chi connectivity index (χ1v) is 8.35. The molecule has 0 saturated carbocycles. The summed E-state index contributed by atoms with van der Waals surface area (Å²) in [6.07, 6.45) is 4.56. The Morgan fingerprint density at radius 3 is 1.23 bits per heavy atom. The van der Waals surface area contributed by atoms with Crippen LogP contribution in [0.3, 0.4) is 0 Å². The summed E-state index contributed by atoms with van der Waals surface area (Å²) in [6.45, 7) is 3.20. The lowest BCUT2D eigenvalue weighted by atomic mass is 9.86. The van der Waals surface area contributed by atoms with E-state index >= 15 is 0 Å². The highest BCUT2D eigenvalue weighted by atomic mass is 16.2. The lowest BCUT2D eigenvalue weighted by molar-refractivity contribution is -0.140. The van der Waals surface area contributed by atoms with Gasteiger partial charge in [0.2, 0.25) is 0 Å². The van der Waals surface area contributed by atoms with E-state index < -0.39 is 35.5 Å². The Morgan fingerprint density at radius 1 is 0.692 bits per heavy atom. The van der Waals surface area contributed by atoms with Gasteiger partial charge in [-0.05, 0) is 0 Å². The van der Waals surface area contributed by atoms with Gasteiger partial charge in [-0.15, -0.1) is 0 Å². The topological polar surface area (TPSA) is 109 Å². The second kappa shape index (κ2) is 7.99. The molecule has 26 heavy (non-hydrogen) atoms. The largest absolute Gasteiger partial charge is 0.299 e. The Balaban J connectivity index is 1.80. The van der Waals surface area contributed by atoms with Crippen molar-refractivity contribution >= 4 is 35.2 Å². The minimum Gasteiger partial charge on any atom is -0.299 e. The number of nitrogens with zero attached hydrogens (tertiary/aromatic N) is 2. The van der Waals surface area contributed by atoms with Gasteiger partial charge in [-0.25, -0.2) is 0 Å². The van der Waals surface area contributed by atoms with Crippen molar-refractivity contribution in [2.24, 2.45) is 11.8 Å². The molecule has 0 N–H and O–H groups in total. The molecule has 0 bridgehead atoms. The molecule has 0 spiro atoms. The number of carbonyl (C=O) groups excluding carboxylic acids is 6. The van der Waals surface area contributed by atoms with Crippen LogP contribution < -0.4 is 0 Å². The number of amides is 4. The maximum absolute atomic E-state index is 12.3. The molecule has 0 aliphatic carbocycles. The van der Waals surface area contributed by atoms with Crippen molar-refractivity contribution in [3.8, 4) is 0 Å². The Hall–Kier alpha value is -2.90. The Bertz CT molecular complexity index is 638. The van der Waals surface area contributed by atoms with Crippen molar-refractivity contribution in [3.05, 3.63) is 24.3 Å². The molecular formula is C18H20N2O6. The number of rotatable bonds is 9. The molecule has 2 aliphatic heterocycles. The molecule has 8 nitrogen and oxygen atoms in total. The first-order chi connectivity index (χ1) is 12.2. The normalized spacial score (nSPS) is 18.8. The molecule has 0 aromatic rings. The Kier molecular flexibility index (Phi) is 5.97. The number of ketones is 2. The van der Waals surface area contributed by atoms with Crippen molar-refractivity contribution in [2.75, 3.05) is 13.1 Å². The summed E-state index contributed by atoms with van der Waals surface area (Å²) in [6, 6.07) is 0.